The van der Waals surface area contributed by atoms with Crippen LogP contribution < -0.4 is 4.74 Å². The molecule has 0 amide bonds. The predicted octanol–water partition coefficient (Wildman–Crippen LogP) is 4.04. The first kappa shape index (κ1) is 12.9. The Labute approximate surface area is 120 Å². The van der Waals surface area contributed by atoms with Crippen molar-refractivity contribution >= 4 is 22.6 Å². The van der Waals surface area contributed by atoms with Crippen LogP contribution in [-0.2, 0) is 0 Å². The van der Waals surface area contributed by atoms with Crippen LogP contribution in [0.25, 0.3) is 11.1 Å². The number of alkyl halides is 1. The minimum absolute atomic E-state index is 0.681. The molecule has 0 unspecified atom stereocenters. The second-order valence-corrected chi connectivity index (χ2v) is 4.83. The van der Waals surface area contributed by atoms with E-state index in [0.717, 1.165) is 27.9 Å². The number of rotatable bonds is 4. The molecule has 18 heavy (non-hydrogen) atoms. The Bertz CT molecular complexity index is 540. The maximum absolute atomic E-state index is 8.75. The van der Waals surface area contributed by atoms with E-state index < -0.39 is 0 Å². The Morgan fingerprint density at radius 2 is 1.50 bits per heavy atom. The fraction of sp³-hybridized carbons (Fsp3) is 0.133. The highest BCUT2D eigenvalue weighted by molar-refractivity contribution is 14.1. The molecular formula is C15H12INO. The van der Waals surface area contributed by atoms with E-state index in [1.165, 1.54) is 0 Å². The van der Waals surface area contributed by atoms with Gasteiger partial charge in [0.25, 0.3) is 0 Å². The number of hydrogen-bond donors (Lipinski definition) is 0. The predicted molar refractivity (Wildman–Crippen MR) is 81.0 cm³/mol. The molecular weight excluding hydrogens is 337 g/mol. The van der Waals surface area contributed by atoms with E-state index in [2.05, 4.69) is 28.7 Å². The number of ether oxygens (including phenoxy) is 1. The Morgan fingerprint density at radius 1 is 0.944 bits per heavy atom. The zero-order valence-corrected chi connectivity index (χ0v) is 11.9. The van der Waals surface area contributed by atoms with Crippen molar-refractivity contribution in [1.82, 2.24) is 0 Å². The van der Waals surface area contributed by atoms with E-state index in [9.17, 15) is 0 Å². The molecule has 0 saturated carbocycles. The Hall–Kier alpha value is -1.54. The third kappa shape index (κ3) is 3.23. The number of nitriles is 1. The number of benzene rings is 2. The lowest BCUT2D eigenvalue weighted by atomic mass is 10.0. The molecule has 0 radical (unpaired) electrons. The van der Waals surface area contributed by atoms with Gasteiger partial charge in [0.1, 0.15) is 5.75 Å². The summed E-state index contributed by atoms with van der Waals surface area (Å²) in [6, 6.07) is 17.7. The van der Waals surface area contributed by atoms with Crippen LogP contribution in [0.2, 0.25) is 0 Å². The first-order chi connectivity index (χ1) is 8.83. The standard InChI is InChI=1S/C15H12INO/c16-9-10-18-15-7-5-14(6-8-15)13-3-1-12(11-17)2-4-13/h1-8H,9-10H2. The minimum atomic E-state index is 0.681. The molecule has 2 nitrogen and oxygen atoms in total. The summed E-state index contributed by atoms with van der Waals surface area (Å²) in [6.45, 7) is 0.733. The summed E-state index contributed by atoms with van der Waals surface area (Å²) in [6.07, 6.45) is 0. The van der Waals surface area contributed by atoms with E-state index in [0.29, 0.717) is 5.56 Å². The van der Waals surface area contributed by atoms with Gasteiger partial charge in [-0.05, 0) is 35.4 Å². The monoisotopic (exact) mass is 349 g/mol. The summed E-state index contributed by atoms with van der Waals surface area (Å²) < 4.78 is 6.51. The SMILES string of the molecule is N#Cc1ccc(-c2ccc(OCCI)cc2)cc1. The zero-order valence-electron chi connectivity index (χ0n) is 9.77. The topological polar surface area (TPSA) is 33.0 Å². The second kappa shape index (κ2) is 6.41. The van der Waals surface area contributed by atoms with Gasteiger partial charge in [-0.25, -0.2) is 0 Å². The van der Waals surface area contributed by atoms with Crippen molar-refractivity contribution in [3.05, 3.63) is 54.1 Å². The van der Waals surface area contributed by atoms with Gasteiger partial charge in [-0.3, -0.25) is 0 Å². The highest BCUT2D eigenvalue weighted by Crippen LogP contribution is 2.22. The molecule has 0 aliphatic heterocycles. The molecule has 90 valence electrons. The van der Waals surface area contributed by atoms with Gasteiger partial charge in [0.15, 0.2) is 0 Å². The van der Waals surface area contributed by atoms with E-state index in [4.69, 9.17) is 10.00 Å². The summed E-state index contributed by atoms with van der Waals surface area (Å²) in [4.78, 5) is 0. The van der Waals surface area contributed by atoms with Crippen LogP contribution in [0.1, 0.15) is 5.56 Å². The summed E-state index contributed by atoms with van der Waals surface area (Å²) in [5.74, 6) is 0.893. The smallest absolute Gasteiger partial charge is 0.119 e. The van der Waals surface area contributed by atoms with Crippen molar-refractivity contribution in [3.8, 4) is 22.9 Å². The second-order valence-electron chi connectivity index (χ2n) is 3.75. The molecule has 0 spiro atoms. The summed E-state index contributed by atoms with van der Waals surface area (Å²) in [7, 11) is 0. The normalized spacial score (nSPS) is 9.78. The lowest BCUT2D eigenvalue weighted by Crippen LogP contribution is -1.97. The molecule has 0 fully saturated rings. The quantitative estimate of drug-likeness (QED) is 0.617. The maximum atomic E-state index is 8.75. The fourth-order valence-electron chi connectivity index (χ4n) is 1.64. The largest absolute Gasteiger partial charge is 0.493 e. The van der Waals surface area contributed by atoms with Crippen LogP contribution in [-0.4, -0.2) is 11.0 Å². The summed E-state index contributed by atoms with van der Waals surface area (Å²) in [5, 5.41) is 8.75. The van der Waals surface area contributed by atoms with Crippen LogP contribution >= 0.6 is 22.6 Å². The third-order valence-corrected chi connectivity index (χ3v) is 2.99. The molecule has 0 aliphatic carbocycles. The summed E-state index contributed by atoms with van der Waals surface area (Å²) in [5.41, 5.74) is 2.91. The van der Waals surface area contributed by atoms with Gasteiger partial charge in [0, 0.05) is 4.43 Å². The van der Waals surface area contributed by atoms with Crippen LogP contribution in [0.5, 0.6) is 5.75 Å². The van der Waals surface area contributed by atoms with Crippen molar-refractivity contribution < 1.29 is 4.74 Å². The molecule has 2 rings (SSSR count). The average molecular weight is 349 g/mol. The van der Waals surface area contributed by atoms with Crippen molar-refractivity contribution in [3.63, 3.8) is 0 Å². The zero-order chi connectivity index (χ0) is 12.8. The van der Waals surface area contributed by atoms with Gasteiger partial charge in [0.2, 0.25) is 0 Å². The van der Waals surface area contributed by atoms with Crippen LogP contribution in [0.3, 0.4) is 0 Å². The van der Waals surface area contributed by atoms with Crippen molar-refractivity contribution in [1.29, 1.82) is 5.26 Å². The molecule has 2 aromatic rings. The van der Waals surface area contributed by atoms with Crippen LogP contribution in [0.15, 0.2) is 48.5 Å². The Morgan fingerprint density at radius 3 is 2.00 bits per heavy atom. The van der Waals surface area contributed by atoms with Gasteiger partial charge in [-0.2, -0.15) is 5.26 Å². The molecule has 0 N–H and O–H groups in total. The van der Waals surface area contributed by atoms with Gasteiger partial charge < -0.3 is 4.74 Å². The van der Waals surface area contributed by atoms with Gasteiger partial charge in [0.05, 0.1) is 18.2 Å². The first-order valence-electron chi connectivity index (χ1n) is 5.63. The molecule has 0 aliphatic rings. The van der Waals surface area contributed by atoms with Crippen LogP contribution in [0.4, 0.5) is 0 Å². The lowest BCUT2D eigenvalue weighted by Gasteiger charge is -2.06. The van der Waals surface area contributed by atoms with Crippen molar-refractivity contribution in [2.24, 2.45) is 0 Å². The number of hydrogen-bond acceptors (Lipinski definition) is 2. The van der Waals surface area contributed by atoms with Gasteiger partial charge in [-0.1, -0.05) is 46.9 Å². The Kier molecular flexibility index (Phi) is 4.59. The number of nitrogens with zero attached hydrogens (tertiary/aromatic N) is 1. The van der Waals surface area contributed by atoms with E-state index in [1.54, 1.807) is 0 Å². The highest BCUT2D eigenvalue weighted by atomic mass is 127. The van der Waals surface area contributed by atoms with Crippen LogP contribution in [0, 0.1) is 11.3 Å². The van der Waals surface area contributed by atoms with Crippen molar-refractivity contribution in [2.45, 2.75) is 0 Å². The number of halogens is 1. The first-order valence-corrected chi connectivity index (χ1v) is 7.15. The van der Waals surface area contributed by atoms with Gasteiger partial charge >= 0.3 is 0 Å². The Balaban J connectivity index is 2.15. The third-order valence-electron chi connectivity index (χ3n) is 2.55. The molecule has 2 aromatic carbocycles. The average Bonchev–Trinajstić information content (AvgIpc) is 2.46. The molecule has 0 aromatic heterocycles. The van der Waals surface area contributed by atoms with E-state index in [-0.39, 0.29) is 0 Å². The van der Waals surface area contributed by atoms with E-state index >= 15 is 0 Å². The molecule has 0 atom stereocenters. The van der Waals surface area contributed by atoms with Gasteiger partial charge in [-0.15, -0.1) is 0 Å². The molecule has 3 heteroatoms. The lowest BCUT2D eigenvalue weighted by molar-refractivity contribution is 0.346. The summed E-state index contributed by atoms with van der Waals surface area (Å²) >= 11 is 2.29. The minimum Gasteiger partial charge on any atom is -0.493 e. The van der Waals surface area contributed by atoms with E-state index in [1.807, 2.05) is 48.5 Å². The maximum Gasteiger partial charge on any atom is 0.119 e. The molecule has 0 heterocycles. The highest BCUT2D eigenvalue weighted by Gasteiger charge is 1.99. The van der Waals surface area contributed by atoms with Crippen molar-refractivity contribution in [2.75, 3.05) is 11.0 Å². The molecule has 0 bridgehead atoms. The fourth-order valence-corrected chi connectivity index (χ4v) is 1.86. The molecule has 0 saturated heterocycles.